The second-order valence-corrected chi connectivity index (χ2v) is 24.5. The number of nitroso groups, excluding NO2 is 1. The van der Waals surface area contributed by atoms with E-state index in [1.807, 2.05) is 39.0 Å². The van der Waals surface area contributed by atoms with Crippen molar-refractivity contribution in [3.63, 3.8) is 0 Å². The van der Waals surface area contributed by atoms with Gasteiger partial charge < -0.3 is 75.4 Å². The summed E-state index contributed by atoms with van der Waals surface area (Å²) in [6.45, 7) is 10.2. The summed E-state index contributed by atoms with van der Waals surface area (Å²) in [7, 11) is 7.19. The predicted molar refractivity (Wildman–Crippen MR) is 353 cm³/mol. The number of urea groups is 1. The van der Waals surface area contributed by atoms with Crippen molar-refractivity contribution in [3.8, 4) is 5.75 Å². The molecule has 3 aliphatic rings. The van der Waals surface area contributed by atoms with Crippen molar-refractivity contribution in [2.45, 2.75) is 140 Å². The highest BCUT2D eigenvalue weighted by Crippen LogP contribution is 2.49. The van der Waals surface area contributed by atoms with E-state index in [2.05, 4.69) is 37.1 Å². The number of primary amides is 1. The quantitative estimate of drug-likeness (QED) is 0.0123. The second-order valence-electron chi connectivity index (χ2n) is 23.5. The molecule has 2 fully saturated rings. The average Bonchev–Trinajstić information content (AvgIpc) is 1.57. The molecule has 0 aromatic heterocycles. The lowest BCUT2D eigenvalue weighted by Gasteiger charge is -2.40. The number of hydrogen-bond donors (Lipinski definition) is 7. The first kappa shape index (κ1) is 72.7. The van der Waals surface area contributed by atoms with E-state index in [0.717, 1.165) is 21.6 Å². The van der Waals surface area contributed by atoms with Crippen LogP contribution in [0.2, 0.25) is 5.02 Å². The summed E-state index contributed by atoms with van der Waals surface area (Å²) >= 11 is 17.3. The van der Waals surface area contributed by atoms with Crippen LogP contribution in [0.3, 0.4) is 0 Å². The minimum atomic E-state index is -1.79. The number of halogens is 1. The van der Waals surface area contributed by atoms with Crippen LogP contribution < -0.4 is 47.3 Å². The summed E-state index contributed by atoms with van der Waals surface area (Å²) in [6.07, 6.45) is -0.676. The number of hydrogen-bond acceptors (Lipinski definition) is 18. The molecular weight excluding hydrogens is 1250 g/mol. The lowest BCUT2D eigenvalue weighted by atomic mass is 9.83. The van der Waals surface area contributed by atoms with Gasteiger partial charge in [0.1, 0.15) is 59.4 Å². The number of nitrogens with two attached hydrogens (primary N) is 1. The van der Waals surface area contributed by atoms with Crippen molar-refractivity contribution in [2.75, 3.05) is 64.0 Å². The monoisotopic (exact) mass is 1330 g/mol. The number of amides is 8. The van der Waals surface area contributed by atoms with Gasteiger partial charge in [-0.3, -0.25) is 24.5 Å². The molecule has 4 bridgehead atoms. The number of nitrogens with one attached hydrogen (secondary N) is 6. The van der Waals surface area contributed by atoms with Gasteiger partial charge in [-0.15, -0.1) is 4.91 Å². The fraction of sp³-hybridized carbons (Fsp3) is 0.492. The molecule has 0 spiro atoms. The average molecular weight is 1330 g/mol. The number of thiocarbonyl (C=S) groups is 2. The van der Waals surface area contributed by atoms with Crippen LogP contribution in [0.1, 0.15) is 90.3 Å². The Morgan fingerprint density at radius 2 is 1.66 bits per heavy atom. The standard InChI is InChI=1S/C63H82ClN11O15S2/c1-35(2)53(70-59(92)68-43-23-19-40(34-91)20-24-43)56(79)69-44(15-13-26-66-58(65)81)55(78)67-42-21-17-39(18-22-42)33-87-61(83)73(7)27-25-50(76)74(8)38(5)57(80)89-49-31-51(77)75(9)45-29-41(30-46(85-10)52(45)64)28-36(3)14-12-16-48(86-11)63(72-84)32-47(88-60(82)71-63)37(4)54-62(49,6)90-54/h12,14,16-24,29-30,34-35,37-38,44,47-49,53-54H,13,15,25-28,31-33H2,1-11H3,(H,67,78)(H,69,79)(H,71,82)(H3,65,66,81)(H2,68,70,92)/b16-12+,36-14+/t37-,38+,44?,47+,48-,49-,53+,54?,62+,63+/m1/s1. The van der Waals surface area contributed by atoms with Gasteiger partial charge in [-0.1, -0.05) is 92.7 Å². The SMILES string of the molecule is COc1cc2cc(c1Cl)N(C)C(=O)C[C@@H](OC(=O)[C@H](C)N(C)C(=O)CCN(C)C(=O)OCc1ccc(NC(=O)C(CCCNC(N)=O)NC(=O)[C@@H](NC(=S)Nc3ccc(C=S)cc3)C(C)C)cc1)[C@]1(C)OC1[C@H](C)[C@@H]1C[C@@](N=O)(NC(=O)O1)[C@H](OC)/C=C/C=C(\C)C2. The molecule has 498 valence electrons. The number of esters is 1. The first-order valence-electron chi connectivity index (χ1n) is 29.8. The van der Waals surface area contributed by atoms with E-state index < -0.39 is 114 Å². The highest BCUT2D eigenvalue weighted by molar-refractivity contribution is 7.80. The van der Waals surface area contributed by atoms with Gasteiger partial charge >= 0.3 is 24.2 Å². The molecule has 3 aliphatic heterocycles. The van der Waals surface area contributed by atoms with Crippen molar-refractivity contribution in [1.82, 2.24) is 31.1 Å². The van der Waals surface area contributed by atoms with Gasteiger partial charge in [0.2, 0.25) is 29.3 Å². The van der Waals surface area contributed by atoms with Gasteiger partial charge in [-0.2, -0.15) is 0 Å². The van der Waals surface area contributed by atoms with Gasteiger partial charge in [-0.05, 0) is 116 Å². The lowest BCUT2D eigenvalue weighted by molar-refractivity contribution is -0.162. The highest BCUT2D eigenvalue weighted by Gasteiger charge is 2.65. The fourth-order valence-electron chi connectivity index (χ4n) is 10.6. The summed E-state index contributed by atoms with van der Waals surface area (Å²) in [5.41, 5.74) is 6.41. The van der Waals surface area contributed by atoms with E-state index >= 15 is 0 Å². The number of epoxide rings is 1. The molecule has 3 aromatic rings. The first-order valence-corrected chi connectivity index (χ1v) is 31.0. The summed E-state index contributed by atoms with van der Waals surface area (Å²) in [5.74, 6) is -3.62. The van der Waals surface area contributed by atoms with Crippen molar-refractivity contribution in [2.24, 2.45) is 22.7 Å². The summed E-state index contributed by atoms with van der Waals surface area (Å²) in [5, 5.41) is 22.0. The van der Waals surface area contributed by atoms with Crippen molar-refractivity contribution < 1.29 is 66.8 Å². The Morgan fingerprint density at radius 3 is 2.29 bits per heavy atom. The Kier molecular flexibility index (Phi) is 25.9. The van der Waals surface area contributed by atoms with Crippen LogP contribution in [0, 0.1) is 16.7 Å². The van der Waals surface area contributed by atoms with E-state index in [1.54, 1.807) is 79.9 Å². The maximum absolute atomic E-state index is 14.5. The van der Waals surface area contributed by atoms with Crippen molar-refractivity contribution in [1.29, 1.82) is 0 Å². The number of alkyl carbamates (subject to hydrolysis) is 1. The molecule has 0 radical (unpaired) electrons. The zero-order chi connectivity index (χ0) is 67.8. The third-order valence-corrected chi connectivity index (χ3v) is 17.3. The van der Waals surface area contributed by atoms with Gasteiger partial charge in [0.15, 0.2) is 5.11 Å². The molecule has 26 nitrogen and oxygen atoms in total. The Labute approximate surface area is 550 Å². The van der Waals surface area contributed by atoms with Crippen LogP contribution in [0.15, 0.2) is 89.6 Å². The molecule has 8 amide bonds. The Morgan fingerprint density at radius 1 is 0.989 bits per heavy atom. The number of benzene rings is 3. The largest absolute Gasteiger partial charge is 0.495 e. The third kappa shape index (κ3) is 19.1. The number of methoxy groups -OCH3 is 2. The molecule has 6 rings (SSSR count). The normalized spacial score (nSPS) is 23.1. The molecule has 2 saturated heterocycles. The molecule has 10 atom stereocenters. The van der Waals surface area contributed by atoms with Crippen LogP contribution in [-0.2, 0) is 60.7 Å². The minimum absolute atomic E-state index is 0.116. The number of ether oxygens (including phenoxy) is 6. The summed E-state index contributed by atoms with van der Waals surface area (Å²) in [4.78, 5) is 124. The van der Waals surface area contributed by atoms with Crippen LogP contribution in [-0.4, -0.2) is 170 Å². The highest BCUT2D eigenvalue weighted by atomic mass is 35.5. The number of carbonyl (C=O) groups excluding carboxylic acids is 8. The maximum Gasteiger partial charge on any atom is 0.409 e. The molecular formula is C63H82ClN11O15S2. The lowest BCUT2D eigenvalue weighted by Crippen LogP contribution is -2.62. The molecule has 8 N–H and O–H groups in total. The van der Waals surface area contributed by atoms with Crippen LogP contribution in [0.5, 0.6) is 5.75 Å². The molecule has 3 heterocycles. The Hall–Kier alpha value is -8.31. The first-order chi connectivity index (χ1) is 43.6. The number of rotatable bonds is 23. The van der Waals surface area contributed by atoms with Crippen molar-refractivity contribution in [3.05, 3.63) is 111 Å². The predicted octanol–water partition coefficient (Wildman–Crippen LogP) is 7.18. The molecule has 0 aliphatic carbocycles. The van der Waals surface area contributed by atoms with E-state index in [1.165, 1.54) is 52.1 Å². The number of fused-ring (bicyclic) bond motifs is 5. The molecule has 92 heavy (non-hydrogen) atoms. The summed E-state index contributed by atoms with van der Waals surface area (Å²) < 4.78 is 35.1. The van der Waals surface area contributed by atoms with Crippen molar-refractivity contribution >= 4 is 111 Å². The number of carbonyl (C=O) groups is 8. The Balaban J connectivity index is 1.07. The number of nitrogens with zero attached hydrogens (tertiary/aromatic N) is 4. The third-order valence-electron chi connectivity index (χ3n) is 16.4. The van der Waals surface area contributed by atoms with Crippen LogP contribution in [0.4, 0.5) is 31.4 Å². The molecule has 29 heteroatoms. The van der Waals surface area contributed by atoms with Crippen LogP contribution in [0.25, 0.3) is 0 Å². The molecule has 0 saturated carbocycles. The zero-order valence-electron chi connectivity index (χ0n) is 53.3. The zero-order valence-corrected chi connectivity index (χ0v) is 55.7. The fourth-order valence-corrected chi connectivity index (χ4v) is 11.3. The number of anilines is 3. The van der Waals surface area contributed by atoms with Gasteiger partial charge in [0.05, 0.1) is 25.3 Å². The maximum atomic E-state index is 14.5. The van der Waals surface area contributed by atoms with Gasteiger partial charge in [-0.25, -0.2) is 19.2 Å². The molecule has 2 unspecified atom stereocenters. The van der Waals surface area contributed by atoms with E-state index in [9.17, 15) is 43.3 Å². The van der Waals surface area contributed by atoms with Gasteiger partial charge in [0, 0.05) is 76.8 Å². The topological polar surface area (TPSA) is 333 Å². The summed E-state index contributed by atoms with van der Waals surface area (Å²) in [6, 6.07) is 13.3. The second kappa shape index (κ2) is 32.8. The smallest absolute Gasteiger partial charge is 0.409 e. The number of likely N-dealkylation sites (N-methyl/N-ethyl adjacent to an activating group) is 1. The van der Waals surface area contributed by atoms with Crippen LogP contribution >= 0.6 is 36.0 Å². The van der Waals surface area contributed by atoms with E-state index in [-0.39, 0.29) is 55.0 Å². The number of allylic oxidation sites excluding steroid dienone is 3. The minimum Gasteiger partial charge on any atom is -0.495 e. The van der Waals surface area contributed by atoms with E-state index in [4.69, 9.17) is 70.2 Å². The Bertz CT molecular complexity index is 3290. The molecule has 3 aromatic carbocycles. The van der Waals surface area contributed by atoms with Gasteiger partial charge in [0.25, 0.3) is 0 Å². The van der Waals surface area contributed by atoms with E-state index in [0.29, 0.717) is 41.2 Å².